The third kappa shape index (κ3) is 21.1. The first-order chi connectivity index (χ1) is 31.3. The maximum absolute atomic E-state index is 13.6. The number of carbonyl (C=O) groups is 4. The number of nitrogens with one attached hydrogen (secondary N) is 8. The van der Waals surface area contributed by atoms with Crippen molar-refractivity contribution in [2.45, 2.75) is 161 Å². The van der Waals surface area contributed by atoms with E-state index in [0.29, 0.717) is 62.2 Å². The number of hydrogen-bond donors (Lipinski definition) is 10. The molecule has 64 heavy (non-hydrogen) atoms. The molecular weight excluding hydrogens is 805 g/mol. The summed E-state index contributed by atoms with van der Waals surface area (Å²) in [7, 11) is 0. The number of rotatable bonds is 39. The quantitative estimate of drug-likeness (QED) is 0.0397. The second-order valence-electron chi connectivity index (χ2n) is 20.2. The topological polar surface area (TPSA) is 217 Å². The van der Waals surface area contributed by atoms with Crippen molar-refractivity contribution < 1.29 is 19.2 Å². The highest BCUT2D eigenvalue weighted by atomic mass is 16.2. The standard InChI is InChI=1S/C50H96N10O4/c51-20-12-26-53-22-7-9-24-55-28-14-32-57-45(61)18-3-1-5-30-59-48(63)41-16-11-17-44(36-41)50-37-40-34-42(38-50)47(43(35-40)39-50)49(64)60-31-6-2-4-19-46(62)58-33-15-29-56-25-10-8-23-54-27-13-21-52/h40-44,47,53-56H,1-39,51-52H2,(H,57,61)(H,58,62)(H,59,63)(H,60,64). The van der Waals surface area contributed by atoms with Gasteiger partial charge in [-0.05, 0) is 223 Å². The smallest absolute Gasteiger partial charge is 0.223 e. The largest absolute Gasteiger partial charge is 0.356 e. The Bertz CT molecular complexity index is 1270. The van der Waals surface area contributed by atoms with Crippen molar-refractivity contribution in [2.24, 2.45) is 52.4 Å². The summed E-state index contributed by atoms with van der Waals surface area (Å²) in [6.07, 6.45) is 25.4. The van der Waals surface area contributed by atoms with Crippen molar-refractivity contribution >= 4 is 23.6 Å². The molecule has 12 N–H and O–H groups in total. The molecule has 370 valence electrons. The molecule has 4 amide bonds. The lowest BCUT2D eigenvalue weighted by atomic mass is 9.42. The summed E-state index contributed by atoms with van der Waals surface area (Å²) in [5, 5.41) is 26.4. The van der Waals surface area contributed by atoms with Gasteiger partial charge in [0.1, 0.15) is 0 Å². The predicted molar refractivity (Wildman–Crippen MR) is 260 cm³/mol. The van der Waals surface area contributed by atoms with Crippen molar-refractivity contribution in [1.29, 1.82) is 0 Å². The number of amides is 4. The van der Waals surface area contributed by atoms with Gasteiger partial charge in [0.15, 0.2) is 0 Å². The summed E-state index contributed by atoms with van der Waals surface area (Å²) in [6, 6.07) is 0. The Hall–Kier alpha value is -2.36. The van der Waals surface area contributed by atoms with Crippen LogP contribution in [0.2, 0.25) is 0 Å². The Morgan fingerprint density at radius 1 is 0.438 bits per heavy atom. The zero-order valence-corrected chi connectivity index (χ0v) is 40.3. The summed E-state index contributed by atoms with van der Waals surface area (Å²) in [5.74, 6) is 3.28. The number of nitrogens with two attached hydrogens (primary N) is 2. The second kappa shape index (κ2) is 33.2. The molecule has 0 heterocycles. The number of hydrogen-bond acceptors (Lipinski definition) is 10. The van der Waals surface area contributed by atoms with Crippen molar-refractivity contribution in [2.75, 3.05) is 91.6 Å². The van der Waals surface area contributed by atoms with E-state index < -0.39 is 0 Å². The van der Waals surface area contributed by atoms with Gasteiger partial charge >= 0.3 is 0 Å². The summed E-state index contributed by atoms with van der Waals surface area (Å²) < 4.78 is 0. The van der Waals surface area contributed by atoms with E-state index in [1.807, 2.05) is 0 Å². The zero-order valence-electron chi connectivity index (χ0n) is 40.3. The molecule has 0 radical (unpaired) electrons. The van der Waals surface area contributed by atoms with E-state index in [1.54, 1.807) is 0 Å². The van der Waals surface area contributed by atoms with Gasteiger partial charge in [0.05, 0.1) is 0 Å². The molecule has 0 aromatic carbocycles. The molecular formula is C50H96N10O4. The van der Waals surface area contributed by atoms with Gasteiger partial charge in [-0.25, -0.2) is 0 Å². The van der Waals surface area contributed by atoms with Crippen LogP contribution in [0.1, 0.15) is 161 Å². The van der Waals surface area contributed by atoms with Gasteiger partial charge < -0.3 is 54.0 Å². The van der Waals surface area contributed by atoms with Crippen LogP contribution in [0.4, 0.5) is 0 Å². The van der Waals surface area contributed by atoms with Crippen molar-refractivity contribution in [3.63, 3.8) is 0 Å². The fourth-order valence-electron chi connectivity index (χ4n) is 11.9. The molecule has 14 heteroatoms. The molecule has 5 rings (SSSR count). The van der Waals surface area contributed by atoms with Crippen molar-refractivity contribution in [1.82, 2.24) is 42.5 Å². The third-order valence-electron chi connectivity index (χ3n) is 15.0. The molecule has 0 spiro atoms. The highest BCUT2D eigenvalue weighted by molar-refractivity contribution is 5.80. The van der Waals surface area contributed by atoms with E-state index in [9.17, 15) is 19.2 Å². The average Bonchev–Trinajstić information content (AvgIpc) is 3.29. The molecule has 14 nitrogen and oxygen atoms in total. The maximum atomic E-state index is 13.6. The van der Waals surface area contributed by atoms with Crippen LogP contribution in [-0.2, 0) is 19.2 Å². The molecule has 0 aromatic heterocycles. The SMILES string of the molecule is NCCCNCCCCNCCCNC(=O)CCCCCNC(=O)C1CCCC(C23CC4CC(C2)C(C(=O)NCCCCCC(=O)NCCCNCCCCNCCCN)C(C4)C3)C1. The number of unbranched alkanes of at least 4 members (excludes halogenated alkanes) is 6. The highest BCUT2D eigenvalue weighted by Crippen LogP contribution is 2.66. The monoisotopic (exact) mass is 901 g/mol. The average molecular weight is 901 g/mol. The Labute approximate surface area is 388 Å². The highest BCUT2D eigenvalue weighted by Gasteiger charge is 2.59. The number of carbonyl (C=O) groups excluding carboxylic acids is 4. The van der Waals surface area contributed by atoms with Gasteiger partial charge in [0.25, 0.3) is 0 Å². The summed E-state index contributed by atoms with van der Waals surface area (Å²) >= 11 is 0. The minimum atomic E-state index is 0.100. The minimum Gasteiger partial charge on any atom is -0.356 e. The fourth-order valence-corrected chi connectivity index (χ4v) is 11.9. The van der Waals surface area contributed by atoms with Crippen molar-refractivity contribution in [3.05, 3.63) is 0 Å². The molecule has 5 fully saturated rings. The molecule has 4 atom stereocenters. The molecule has 0 saturated heterocycles. The van der Waals surface area contributed by atoms with Gasteiger partial charge in [0.2, 0.25) is 23.6 Å². The molecule has 4 unspecified atom stereocenters. The molecule has 5 aliphatic carbocycles. The van der Waals surface area contributed by atoms with Crippen LogP contribution in [-0.4, -0.2) is 115 Å². The lowest BCUT2D eigenvalue weighted by Crippen LogP contribution is -2.57. The zero-order chi connectivity index (χ0) is 45.5. The van der Waals surface area contributed by atoms with Crippen LogP contribution in [0.3, 0.4) is 0 Å². The Kier molecular flexibility index (Phi) is 28.1. The first kappa shape index (κ1) is 54.2. The van der Waals surface area contributed by atoms with Gasteiger partial charge in [-0.3, -0.25) is 19.2 Å². The van der Waals surface area contributed by atoms with Crippen LogP contribution in [0.25, 0.3) is 0 Å². The Morgan fingerprint density at radius 3 is 1.38 bits per heavy atom. The maximum Gasteiger partial charge on any atom is 0.223 e. The molecule has 5 saturated carbocycles. The molecule has 0 aromatic rings. The van der Waals surface area contributed by atoms with Crippen LogP contribution < -0.4 is 54.0 Å². The van der Waals surface area contributed by atoms with Gasteiger partial charge in [-0.2, -0.15) is 0 Å². The van der Waals surface area contributed by atoms with E-state index in [0.717, 1.165) is 193 Å². The lowest BCUT2D eigenvalue weighted by Gasteiger charge is -2.62. The van der Waals surface area contributed by atoms with E-state index in [2.05, 4.69) is 42.5 Å². The first-order valence-electron chi connectivity index (χ1n) is 26.7. The lowest BCUT2D eigenvalue weighted by molar-refractivity contribution is -0.157. The molecule has 0 aliphatic heterocycles. The predicted octanol–water partition coefficient (Wildman–Crippen LogP) is 4.22. The summed E-state index contributed by atoms with van der Waals surface area (Å²) in [4.78, 5) is 51.7. The normalized spacial score (nSPS) is 24.7. The van der Waals surface area contributed by atoms with Crippen LogP contribution in [0.5, 0.6) is 0 Å². The first-order valence-corrected chi connectivity index (χ1v) is 26.7. The van der Waals surface area contributed by atoms with Gasteiger partial charge in [-0.15, -0.1) is 0 Å². The third-order valence-corrected chi connectivity index (χ3v) is 15.0. The Morgan fingerprint density at radius 2 is 0.875 bits per heavy atom. The minimum absolute atomic E-state index is 0.100. The summed E-state index contributed by atoms with van der Waals surface area (Å²) in [6.45, 7) is 12.3. The van der Waals surface area contributed by atoms with E-state index in [4.69, 9.17) is 11.5 Å². The van der Waals surface area contributed by atoms with E-state index >= 15 is 0 Å². The second-order valence-corrected chi connectivity index (χ2v) is 20.2. The van der Waals surface area contributed by atoms with Gasteiger partial charge in [0, 0.05) is 50.9 Å². The molecule has 4 bridgehead atoms. The fraction of sp³-hybridized carbons (Fsp3) is 0.920. The van der Waals surface area contributed by atoms with Crippen LogP contribution in [0, 0.1) is 40.9 Å². The summed E-state index contributed by atoms with van der Waals surface area (Å²) in [5.41, 5.74) is 11.3. The van der Waals surface area contributed by atoms with Crippen LogP contribution in [0.15, 0.2) is 0 Å². The van der Waals surface area contributed by atoms with Crippen molar-refractivity contribution in [3.8, 4) is 0 Å². The Balaban J connectivity index is 0.988. The van der Waals surface area contributed by atoms with Gasteiger partial charge in [-0.1, -0.05) is 19.3 Å². The van der Waals surface area contributed by atoms with Crippen LogP contribution >= 0.6 is 0 Å². The molecule has 5 aliphatic rings. The van der Waals surface area contributed by atoms with E-state index in [-0.39, 0.29) is 35.5 Å². The van der Waals surface area contributed by atoms with E-state index in [1.165, 1.54) is 25.7 Å².